The lowest BCUT2D eigenvalue weighted by molar-refractivity contribution is -0.149. The maximum atomic E-state index is 11.5. The zero-order chi connectivity index (χ0) is 11.5. The van der Waals surface area contributed by atoms with Gasteiger partial charge in [-0.15, -0.1) is 0 Å². The smallest absolute Gasteiger partial charge is 0.312 e. The fourth-order valence-corrected chi connectivity index (χ4v) is 1.79. The Balaban J connectivity index is 2.13. The lowest BCUT2D eigenvalue weighted by Crippen LogP contribution is -2.29. The number of benzene rings is 1. The summed E-state index contributed by atoms with van der Waals surface area (Å²) in [5.74, 6) is 0.413. The maximum Gasteiger partial charge on any atom is 0.312 e. The van der Waals surface area contributed by atoms with Gasteiger partial charge in [0.05, 0.1) is 12.5 Å². The van der Waals surface area contributed by atoms with Crippen molar-refractivity contribution in [3.05, 3.63) is 23.8 Å². The van der Waals surface area contributed by atoms with Crippen LogP contribution in [0.2, 0.25) is 0 Å². The molecule has 0 fully saturated rings. The molecule has 1 aromatic rings. The molecule has 4 nitrogen and oxygen atoms in total. The number of carbonyl (C=O) groups excluding carboxylic acids is 1. The highest BCUT2D eigenvalue weighted by molar-refractivity contribution is 5.73. The number of hydrogen-bond donors (Lipinski definition) is 1. The highest BCUT2D eigenvalue weighted by Crippen LogP contribution is 2.30. The Morgan fingerprint density at radius 1 is 1.62 bits per heavy atom. The topological polar surface area (TPSA) is 55.8 Å². The Morgan fingerprint density at radius 3 is 3.19 bits per heavy atom. The molecular weight excluding hydrogens is 208 g/mol. The van der Waals surface area contributed by atoms with E-state index in [0.29, 0.717) is 19.6 Å². The summed E-state index contributed by atoms with van der Waals surface area (Å²) < 4.78 is 10.4. The van der Waals surface area contributed by atoms with Crippen molar-refractivity contribution in [2.45, 2.75) is 13.3 Å². The number of carbonyl (C=O) groups is 1. The molecule has 0 amide bonds. The zero-order valence-corrected chi connectivity index (χ0v) is 9.10. The summed E-state index contributed by atoms with van der Waals surface area (Å²) in [4.78, 5) is 11.5. The van der Waals surface area contributed by atoms with Crippen LogP contribution in [0.1, 0.15) is 12.5 Å². The predicted octanol–water partition coefficient (Wildman–Crippen LogP) is 1.51. The van der Waals surface area contributed by atoms with Gasteiger partial charge in [0.2, 0.25) is 0 Å². The standard InChI is InChI=1S/C12H14O4/c1-2-15-12(14)9-5-8-6-10(13)3-4-11(8)16-7-9/h3-4,6,9,13H,2,5,7H2,1H3. The van der Waals surface area contributed by atoms with Gasteiger partial charge in [-0.25, -0.2) is 0 Å². The van der Waals surface area contributed by atoms with Crippen LogP contribution in [0.15, 0.2) is 18.2 Å². The van der Waals surface area contributed by atoms with Crippen molar-refractivity contribution in [1.29, 1.82) is 0 Å². The predicted molar refractivity (Wildman–Crippen MR) is 57.4 cm³/mol. The number of hydrogen-bond acceptors (Lipinski definition) is 4. The molecule has 1 N–H and O–H groups in total. The number of phenols is 1. The van der Waals surface area contributed by atoms with E-state index in [2.05, 4.69) is 0 Å². The lowest BCUT2D eigenvalue weighted by atomic mass is 9.97. The first-order valence-electron chi connectivity index (χ1n) is 5.32. The quantitative estimate of drug-likeness (QED) is 0.770. The highest BCUT2D eigenvalue weighted by atomic mass is 16.5. The molecule has 4 heteroatoms. The van der Waals surface area contributed by atoms with Gasteiger partial charge in [0.25, 0.3) is 0 Å². The molecule has 0 aliphatic carbocycles. The molecule has 86 valence electrons. The summed E-state index contributed by atoms with van der Waals surface area (Å²) in [7, 11) is 0. The van der Waals surface area contributed by atoms with Gasteiger partial charge in [-0.2, -0.15) is 0 Å². The van der Waals surface area contributed by atoms with Gasteiger partial charge in [-0.05, 0) is 37.1 Å². The summed E-state index contributed by atoms with van der Waals surface area (Å²) in [5.41, 5.74) is 0.851. The SMILES string of the molecule is CCOC(=O)C1COc2ccc(O)cc2C1. The molecule has 1 aromatic carbocycles. The minimum atomic E-state index is -0.269. The normalized spacial score (nSPS) is 18.4. The molecule has 1 aliphatic heterocycles. The first-order valence-corrected chi connectivity index (χ1v) is 5.32. The van der Waals surface area contributed by atoms with Gasteiger partial charge in [-0.3, -0.25) is 4.79 Å². The average molecular weight is 222 g/mol. The third kappa shape index (κ3) is 2.10. The summed E-state index contributed by atoms with van der Waals surface area (Å²) in [5, 5.41) is 9.34. The van der Waals surface area contributed by atoms with Crippen molar-refractivity contribution in [1.82, 2.24) is 0 Å². The zero-order valence-electron chi connectivity index (χ0n) is 9.10. The minimum absolute atomic E-state index is 0.187. The van der Waals surface area contributed by atoms with Crippen molar-refractivity contribution in [3.8, 4) is 11.5 Å². The van der Waals surface area contributed by atoms with E-state index < -0.39 is 0 Å². The molecule has 1 aliphatic rings. The van der Waals surface area contributed by atoms with Crippen LogP contribution in [0.3, 0.4) is 0 Å². The van der Waals surface area contributed by atoms with Crippen LogP contribution >= 0.6 is 0 Å². The van der Waals surface area contributed by atoms with Gasteiger partial charge in [0, 0.05) is 0 Å². The molecule has 16 heavy (non-hydrogen) atoms. The molecule has 2 rings (SSSR count). The number of ether oxygens (including phenoxy) is 2. The van der Waals surface area contributed by atoms with Crippen LogP contribution in [0.5, 0.6) is 11.5 Å². The van der Waals surface area contributed by atoms with Gasteiger partial charge >= 0.3 is 5.97 Å². The second-order valence-corrected chi connectivity index (χ2v) is 3.76. The lowest BCUT2D eigenvalue weighted by Gasteiger charge is -2.23. The summed E-state index contributed by atoms with van der Waals surface area (Å²) in [6.07, 6.45) is 0.558. The van der Waals surface area contributed by atoms with Gasteiger partial charge in [0.15, 0.2) is 0 Å². The molecule has 0 saturated heterocycles. The Labute approximate surface area is 93.8 Å². The second-order valence-electron chi connectivity index (χ2n) is 3.76. The van der Waals surface area contributed by atoms with E-state index in [0.717, 1.165) is 11.3 Å². The highest BCUT2D eigenvalue weighted by Gasteiger charge is 2.27. The second kappa shape index (κ2) is 4.43. The summed E-state index contributed by atoms with van der Waals surface area (Å²) >= 11 is 0. The van der Waals surface area contributed by atoms with Crippen LogP contribution in [0, 0.1) is 5.92 Å². The van der Waals surface area contributed by atoms with Crippen LogP contribution in [0.25, 0.3) is 0 Å². The van der Waals surface area contributed by atoms with Crippen LogP contribution in [0.4, 0.5) is 0 Å². The molecule has 0 bridgehead atoms. The Kier molecular flexibility index (Phi) is 2.99. The first-order chi connectivity index (χ1) is 7.70. The molecule has 1 atom stereocenters. The monoisotopic (exact) mass is 222 g/mol. The summed E-state index contributed by atoms with van der Waals surface area (Å²) in [6.45, 7) is 2.50. The van der Waals surface area contributed by atoms with Crippen molar-refractivity contribution in [2.75, 3.05) is 13.2 Å². The molecule has 0 spiro atoms. The van der Waals surface area contributed by atoms with Crippen LogP contribution < -0.4 is 4.74 Å². The van der Waals surface area contributed by atoms with Gasteiger partial charge in [-0.1, -0.05) is 0 Å². The van der Waals surface area contributed by atoms with E-state index in [4.69, 9.17) is 9.47 Å². The Hall–Kier alpha value is -1.71. The van der Waals surface area contributed by atoms with Crippen molar-refractivity contribution in [2.24, 2.45) is 5.92 Å². The van der Waals surface area contributed by atoms with Crippen molar-refractivity contribution < 1.29 is 19.4 Å². The number of fused-ring (bicyclic) bond motifs is 1. The number of rotatable bonds is 2. The Bertz CT molecular complexity index is 400. The summed E-state index contributed by atoms with van der Waals surface area (Å²) in [6, 6.07) is 4.91. The van der Waals surface area contributed by atoms with Crippen LogP contribution in [-0.2, 0) is 16.0 Å². The van der Waals surface area contributed by atoms with E-state index in [9.17, 15) is 9.90 Å². The van der Waals surface area contributed by atoms with E-state index >= 15 is 0 Å². The van der Waals surface area contributed by atoms with E-state index in [1.165, 1.54) is 0 Å². The van der Waals surface area contributed by atoms with E-state index in [1.54, 1.807) is 25.1 Å². The molecule has 1 heterocycles. The average Bonchev–Trinajstić information content (AvgIpc) is 2.28. The molecule has 0 saturated carbocycles. The molecule has 0 radical (unpaired) electrons. The first kappa shape index (κ1) is 10.8. The third-order valence-corrected chi connectivity index (χ3v) is 2.57. The maximum absolute atomic E-state index is 11.5. The molecule has 1 unspecified atom stereocenters. The van der Waals surface area contributed by atoms with Crippen molar-refractivity contribution in [3.63, 3.8) is 0 Å². The van der Waals surface area contributed by atoms with E-state index in [1.807, 2.05) is 0 Å². The fourth-order valence-electron chi connectivity index (χ4n) is 1.79. The van der Waals surface area contributed by atoms with Crippen LogP contribution in [-0.4, -0.2) is 24.3 Å². The largest absolute Gasteiger partial charge is 0.508 e. The minimum Gasteiger partial charge on any atom is -0.508 e. The Morgan fingerprint density at radius 2 is 2.44 bits per heavy atom. The van der Waals surface area contributed by atoms with E-state index in [-0.39, 0.29) is 17.6 Å². The van der Waals surface area contributed by atoms with Crippen molar-refractivity contribution >= 4 is 5.97 Å². The van der Waals surface area contributed by atoms with Gasteiger partial charge in [0.1, 0.15) is 18.1 Å². The third-order valence-electron chi connectivity index (χ3n) is 2.57. The van der Waals surface area contributed by atoms with Gasteiger partial charge < -0.3 is 14.6 Å². The fraction of sp³-hybridized carbons (Fsp3) is 0.417. The number of esters is 1. The number of aromatic hydroxyl groups is 1. The molecular formula is C12H14O4. The molecule has 0 aromatic heterocycles. The number of phenolic OH excluding ortho intramolecular Hbond substituents is 1.